The third-order valence-corrected chi connectivity index (χ3v) is 2.33. The fourth-order valence-corrected chi connectivity index (χ4v) is 1.64. The molecule has 0 atom stereocenters. The maximum atomic E-state index is 12.7. The van der Waals surface area contributed by atoms with Crippen LogP contribution < -0.4 is 0 Å². The van der Waals surface area contributed by atoms with Crippen molar-refractivity contribution in [1.29, 1.82) is 5.26 Å². The molecule has 16 heavy (non-hydrogen) atoms. The van der Waals surface area contributed by atoms with E-state index in [-0.39, 0.29) is 22.6 Å². The summed E-state index contributed by atoms with van der Waals surface area (Å²) in [6.45, 7) is 0. The Balaban J connectivity index is 3.57. The number of hydrogen-bond acceptors (Lipinski definition) is 2. The van der Waals surface area contributed by atoms with E-state index in [2.05, 4.69) is 0 Å². The van der Waals surface area contributed by atoms with Crippen LogP contribution in [0.1, 0.15) is 33.5 Å². The number of carbonyl (C=O) groups is 1. The van der Waals surface area contributed by atoms with Crippen LogP contribution in [0.25, 0.3) is 0 Å². The Morgan fingerprint density at radius 1 is 1.56 bits per heavy atom. The third kappa shape index (κ3) is 2.12. The van der Waals surface area contributed by atoms with Gasteiger partial charge in [0.1, 0.15) is 0 Å². The topological polar surface area (TPSA) is 61.1 Å². The quantitative estimate of drug-likeness (QED) is 0.833. The second kappa shape index (κ2) is 4.90. The Bertz CT molecular complexity index is 469. The van der Waals surface area contributed by atoms with E-state index in [9.17, 15) is 13.6 Å². The molecule has 0 radical (unpaired) electrons. The number of rotatable bonds is 3. The van der Waals surface area contributed by atoms with Gasteiger partial charge in [-0.25, -0.2) is 13.6 Å². The van der Waals surface area contributed by atoms with Gasteiger partial charge >= 0.3 is 5.97 Å². The van der Waals surface area contributed by atoms with Crippen molar-refractivity contribution in [2.75, 3.05) is 0 Å². The van der Waals surface area contributed by atoms with E-state index in [1.54, 1.807) is 6.07 Å². The summed E-state index contributed by atoms with van der Waals surface area (Å²) in [4.78, 5) is 10.8. The number of halogens is 3. The Labute approximate surface area is 94.9 Å². The van der Waals surface area contributed by atoms with Crippen LogP contribution in [0.2, 0.25) is 0 Å². The number of benzene rings is 1. The Hall–Kier alpha value is -1.67. The minimum absolute atomic E-state index is 0.205. The number of hydrogen-bond donors (Lipinski definition) is 1. The van der Waals surface area contributed by atoms with E-state index < -0.39 is 18.0 Å². The van der Waals surface area contributed by atoms with Gasteiger partial charge in [0.25, 0.3) is 6.43 Å². The molecule has 0 spiro atoms. The van der Waals surface area contributed by atoms with E-state index in [0.29, 0.717) is 0 Å². The average molecular weight is 246 g/mol. The zero-order chi connectivity index (χ0) is 12.3. The summed E-state index contributed by atoms with van der Waals surface area (Å²) in [5.74, 6) is -1.72. The molecule has 1 rings (SSSR count). The highest BCUT2D eigenvalue weighted by Gasteiger charge is 2.22. The molecule has 0 fully saturated rings. The van der Waals surface area contributed by atoms with E-state index >= 15 is 0 Å². The summed E-state index contributed by atoms with van der Waals surface area (Å²) in [7, 11) is 0. The number of carboxylic acid groups (broad SMARTS) is 1. The molecule has 0 aromatic heterocycles. The van der Waals surface area contributed by atoms with E-state index in [1.165, 1.54) is 0 Å². The number of alkyl halides is 3. The van der Waals surface area contributed by atoms with E-state index in [4.69, 9.17) is 22.0 Å². The maximum Gasteiger partial charge on any atom is 0.336 e. The van der Waals surface area contributed by atoms with Crippen LogP contribution in [-0.4, -0.2) is 11.1 Å². The van der Waals surface area contributed by atoms with Crippen molar-refractivity contribution in [1.82, 2.24) is 0 Å². The van der Waals surface area contributed by atoms with Crippen molar-refractivity contribution in [2.24, 2.45) is 0 Å². The lowest BCUT2D eigenvalue weighted by Crippen LogP contribution is -2.07. The van der Waals surface area contributed by atoms with Crippen LogP contribution in [0.5, 0.6) is 0 Å². The minimum Gasteiger partial charge on any atom is -0.478 e. The molecular weight excluding hydrogens is 240 g/mol. The zero-order valence-electron chi connectivity index (χ0n) is 7.88. The summed E-state index contributed by atoms with van der Waals surface area (Å²) in [5.41, 5.74) is -1.36. The first-order valence-corrected chi connectivity index (χ1v) is 4.69. The van der Waals surface area contributed by atoms with Crippen LogP contribution in [-0.2, 0) is 5.88 Å². The molecule has 0 saturated carbocycles. The molecule has 0 heterocycles. The summed E-state index contributed by atoms with van der Waals surface area (Å²) in [6, 6.07) is 3.74. The number of carboxylic acids is 1. The molecule has 0 aliphatic rings. The summed E-state index contributed by atoms with van der Waals surface area (Å²) >= 11 is 5.45. The second-order valence-electron chi connectivity index (χ2n) is 2.90. The second-order valence-corrected chi connectivity index (χ2v) is 3.17. The minimum atomic E-state index is -2.93. The van der Waals surface area contributed by atoms with E-state index in [1.807, 2.05) is 0 Å². The highest BCUT2D eigenvalue weighted by Crippen LogP contribution is 2.30. The van der Waals surface area contributed by atoms with Gasteiger partial charge in [-0.05, 0) is 17.7 Å². The zero-order valence-corrected chi connectivity index (χ0v) is 8.63. The van der Waals surface area contributed by atoms with Gasteiger partial charge in [-0.2, -0.15) is 5.26 Å². The molecule has 0 unspecified atom stereocenters. The molecule has 3 nitrogen and oxygen atoms in total. The standard InChI is InChI=1S/C10H6ClF2NO2/c11-3-7-6(10(15)16)2-1-5(4-14)8(7)9(12)13/h1-2,9H,3H2,(H,15,16). The van der Waals surface area contributed by atoms with Gasteiger partial charge in [-0.1, -0.05) is 0 Å². The maximum absolute atomic E-state index is 12.7. The smallest absolute Gasteiger partial charge is 0.336 e. The molecule has 1 aromatic carbocycles. The van der Waals surface area contributed by atoms with Crippen LogP contribution in [0.15, 0.2) is 12.1 Å². The van der Waals surface area contributed by atoms with Gasteiger partial charge in [0.15, 0.2) is 0 Å². The molecule has 84 valence electrons. The lowest BCUT2D eigenvalue weighted by Gasteiger charge is -2.11. The highest BCUT2D eigenvalue weighted by atomic mass is 35.5. The van der Waals surface area contributed by atoms with Crippen LogP contribution in [0.3, 0.4) is 0 Å². The van der Waals surface area contributed by atoms with Gasteiger partial charge in [0.2, 0.25) is 0 Å². The third-order valence-electron chi connectivity index (χ3n) is 2.06. The molecule has 0 saturated heterocycles. The monoisotopic (exact) mass is 245 g/mol. The predicted molar refractivity (Wildman–Crippen MR) is 52.6 cm³/mol. The fraction of sp³-hybridized carbons (Fsp3) is 0.200. The van der Waals surface area contributed by atoms with Crippen molar-refractivity contribution in [3.63, 3.8) is 0 Å². The highest BCUT2D eigenvalue weighted by molar-refractivity contribution is 6.17. The Morgan fingerprint density at radius 2 is 2.19 bits per heavy atom. The number of nitriles is 1. The summed E-state index contributed by atoms with van der Waals surface area (Å²) < 4.78 is 25.4. The van der Waals surface area contributed by atoms with Gasteiger partial charge in [0, 0.05) is 11.4 Å². The van der Waals surface area contributed by atoms with Crippen molar-refractivity contribution in [2.45, 2.75) is 12.3 Å². The van der Waals surface area contributed by atoms with Crippen molar-refractivity contribution in [3.8, 4) is 6.07 Å². The van der Waals surface area contributed by atoms with Gasteiger partial charge in [0.05, 0.1) is 17.2 Å². The van der Waals surface area contributed by atoms with Crippen molar-refractivity contribution in [3.05, 3.63) is 34.4 Å². The Morgan fingerprint density at radius 3 is 2.56 bits per heavy atom. The first-order chi connectivity index (χ1) is 7.52. The number of aromatic carboxylic acids is 1. The molecule has 6 heteroatoms. The molecular formula is C10H6ClF2NO2. The first kappa shape index (κ1) is 12.4. The molecule has 0 aliphatic carbocycles. The lowest BCUT2D eigenvalue weighted by molar-refractivity contribution is 0.0695. The average Bonchev–Trinajstić information content (AvgIpc) is 2.26. The predicted octanol–water partition coefficient (Wildman–Crippen LogP) is 2.93. The van der Waals surface area contributed by atoms with Crippen LogP contribution in [0.4, 0.5) is 8.78 Å². The lowest BCUT2D eigenvalue weighted by atomic mass is 9.97. The van der Waals surface area contributed by atoms with Gasteiger partial charge in [-0.15, -0.1) is 11.6 Å². The van der Waals surface area contributed by atoms with Crippen molar-refractivity contribution < 1.29 is 18.7 Å². The molecule has 0 amide bonds. The van der Waals surface area contributed by atoms with Crippen LogP contribution >= 0.6 is 11.6 Å². The summed E-state index contributed by atoms with van der Waals surface area (Å²) in [6.07, 6.45) is -2.93. The normalized spacial score (nSPS) is 10.2. The largest absolute Gasteiger partial charge is 0.478 e. The molecule has 1 N–H and O–H groups in total. The summed E-state index contributed by atoms with van der Waals surface area (Å²) in [5, 5.41) is 17.4. The molecule has 1 aromatic rings. The van der Waals surface area contributed by atoms with E-state index in [0.717, 1.165) is 12.1 Å². The van der Waals surface area contributed by atoms with Crippen LogP contribution in [0, 0.1) is 11.3 Å². The number of nitrogens with zero attached hydrogens (tertiary/aromatic N) is 1. The fourth-order valence-electron chi connectivity index (χ4n) is 1.36. The molecule has 0 aliphatic heterocycles. The SMILES string of the molecule is N#Cc1ccc(C(=O)O)c(CCl)c1C(F)F. The first-order valence-electron chi connectivity index (χ1n) is 4.16. The molecule has 0 bridgehead atoms. The van der Waals surface area contributed by atoms with Gasteiger partial charge < -0.3 is 5.11 Å². The van der Waals surface area contributed by atoms with Gasteiger partial charge in [-0.3, -0.25) is 0 Å². The van der Waals surface area contributed by atoms with Crippen molar-refractivity contribution >= 4 is 17.6 Å². The Kier molecular flexibility index (Phi) is 3.80.